The summed E-state index contributed by atoms with van der Waals surface area (Å²) in [5.74, 6) is 0.861. The zero-order valence-electron chi connectivity index (χ0n) is 21.9. The van der Waals surface area contributed by atoms with Gasteiger partial charge >= 0.3 is 0 Å². The molecular formula is C31H26FN3O5. The number of aliphatic hydroxyl groups is 1. The number of hydrogen-bond acceptors (Lipinski definition) is 7. The summed E-state index contributed by atoms with van der Waals surface area (Å²) in [4.78, 5) is 35.5. The third-order valence-electron chi connectivity index (χ3n) is 6.59. The van der Waals surface area contributed by atoms with Crippen molar-refractivity contribution in [1.82, 2.24) is 14.5 Å². The lowest BCUT2D eigenvalue weighted by Gasteiger charge is -2.16. The van der Waals surface area contributed by atoms with Crippen molar-refractivity contribution in [1.29, 1.82) is 0 Å². The minimum atomic E-state index is -0.433. The summed E-state index contributed by atoms with van der Waals surface area (Å²) in [6.45, 7) is 1.77. The number of fused-ring (bicyclic) bond motifs is 1. The predicted octanol–water partition coefficient (Wildman–Crippen LogP) is 5.12. The lowest BCUT2D eigenvalue weighted by Crippen LogP contribution is -2.24. The number of nitrogens with zero attached hydrogens (tertiary/aromatic N) is 3. The van der Waals surface area contributed by atoms with Crippen LogP contribution in [0.4, 0.5) is 4.39 Å². The maximum atomic E-state index is 13.5. The molecule has 0 aliphatic rings. The number of hydrogen-bond donors (Lipinski definition) is 1. The van der Waals surface area contributed by atoms with E-state index < -0.39 is 11.2 Å². The first-order valence-corrected chi connectivity index (χ1v) is 12.6. The van der Waals surface area contributed by atoms with Crippen LogP contribution in [0.3, 0.4) is 0 Å². The fraction of sp³-hybridized carbons (Fsp3) is 0.161. The fourth-order valence-electron chi connectivity index (χ4n) is 4.51. The zero-order chi connectivity index (χ0) is 28.2. The number of rotatable bonds is 9. The highest BCUT2D eigenvalue weighted by Gasteiger charge is 2.20. The molecule has 0 unspecified atom stereocenters. The molecule has 0 radical (unpaired) electrons. The van der Waals surface area contributed by atoms with Gasteiger partial charge in [-0.25, -0.2) is 9.37 Å². The SMILES string of the molecule is COc1cnc2c(Oc3ccc(CC(=O)c4cn(CCO)c(C)c(-c5ccc(F)cc5)c4=O)cc3)ccnc2c1. The minimum absolute atomic E-state index is 0.00320. The Morgan fingerprint density at radius 1 is 1.02 bits per heavy atom. The van der Waals surface area contributed by atoms with Crippen molar-refractivity contribution < 1.29 is 23.8 Å². The topological polar surface area (TPSA) is 104 Å². The molecule has 202 valence electrons. The van der Waals surface area contributed by atoms with Crippen LogP contribution < -0.4 is 14.9 Å². The van der Waals surface area contributed by atoms with E-state index in [2.05, 4.69) is 9.97 Å². The molecule has 0 amide bonds. The maximum Gasteiger partial charge on any atom is 0.200 e. The van der Waals surface area contributed by atoms with E-state index in [1.807, 2.05) is 0 Å². The van der Waals surface area contributed by atoms with Gasteiger partial charge in [-0.15, -0.1) is 0 Å². The number of carbonyl (C=O) groups is 1. The summed E-state index contributed by atoms with van der Waals surface area (Å²) in [5.41, 5.74) is 2.86. The first-order chi connectivity index (χ1) is 19.4. The van der Waals surface area contributed by atoms with Gasteiger partial charge in [0, 0.05) is 48.7 Å². The molecular weight excluding hydrogens is 513 g/mol. The van der Waals surface area contributed by atoms with Gasteiger partial charge in [-0.2, -0.15) is 0 Å². The van der Waals surface area contributed by atoms with Crippen LogP contribution in [0.2, 0.25) is 0 Å². The van der Waals surface area contributed by atoms with Crippen molar-refractivity contribution in [2.24, 2.45) is 0 Å². The highest BCUT2D eigenvalue weighted by atomic mass is 19.1. The largest absolute Gasteiger partial charge is 0.495 e. The van der Waals surface area contributed by atoms with E-state index in [1.165, 1.54) is 30.5 Å². The summed E-state index contributed by atoms with van der Waals surface area (Å²) in [6, 6.07) is 16.0. The number of carbonyl (C=O) groups excluding carboxylic acids is 1. The molecule has 0 saturated carbocycles. The van der Waals surface area contributed by atoms with Gasteiger partial charge in [0.25, 0.3) is 0 Å². The molecule has 0 aliphatic heterocycles. The quantitative estimate of drug-likeness (QED) is 0.259. The van der Waals surface area contributed by atoms with Gasteiger partial charge in [0.1, 0.15) is 22.8 Å². The first kappa shape index (κ1) is 26.7. The van der Waals surface area contributed by atoms with Gasteiger partial charge in [0.2, 0.25) is 0 Å². The lowest BCUT2D eigenvalue weighted by atomic mass is 9.97. The molecule has 0 bridgehead atoms. The molecule has 3 heterocycles. The van der Waals surface area contributed by atoms with Crippen LogP contribution in [0.1, 0.15) is 21.6 Å². The molecule has 0 saturated heterocycles. The van der Waals surface area contributed by atoms with Crippen molar-refractivity contribution in [2.75, 3.05) is 13.7 Å². The molecule has 0 atom stereocenters. The van der Waals surface area contributed by atoms with Crippen molar-refractivity contribution in [3.05, 3.63) is 112 Å². The summed E-state index contributed by atoms with van der Waals surface area (Å²) >= 11 is 0. The summed E-state index contributed by atoms with van der Waals surface area (Å²) in [7, 11) is 1.56. The molecule has 0 spiro atoms. The van der Waals surface area contributed by atoms with Gasteiger partial charge in [-0.05, 0) is 42.3 Å². The Labute approximate surface area is 229 Å². The number of ketones is 1. The second kappa shape index (κ2) is 11.5. The Morgan fingerprint density at radius 3 is 2.48 bits per heavy atom. The van der Waals surface area contributed by atoms with Crippen LogP contribution in [0, 0.1) is 12.7 Å². The second-order valence-corrected chi connectivity index (χ2v) is 9.15. The molecule has 40 heavy (non-hydrogen) atoms. The van der Waals surface area contributed by atoms with Gasteiger partial charge in [-0.1, -0.05) is 24.3 Å². The van der Waals surface area contributed by atoms with E-state index in [4.69, 9.17) is 9.47 Å². The Bertz CT molecular complexity index is 1750. The van der Waals surface area contributed by atoms with Crippen LogP contribution in [0.5, 0.6) is 17.2 Å². The van der Waals surface area contributed by atoms with Gasteiger partial charge in [-0.3, -0.25) is 14.6 Å². The average molecular weight is 540 g/mol. The third-order valence-corrected chi connectivity index (χ3v) is 6.59. The highest BCUT2D eigenvalue weighted by Crippen LogP contribution is 2.29. The second-order valence-electron chi connectivity index (χ2n) is 9.15. The molecule has 1 N–H and O–H groups in total. The number of benzene rings is 2. The maximum absolute atomic E-state index is 13.5. The Morgan fingerprint density at radius 2 is 1.77 bits per heavy atom. The Balaban J connectivity index is 1.39. The number of halogens is 1. The smallest absolute Gasteiger partial charge is 0.200 e. The molecule has 3 aromatic heterocycles. The number of aliphatic hydroxyl groups excluding tert-OH is 1. The van der Waals surface area contributed by atoms with E-state index in [0.29, 0.717) is 50.7 Å². The summed E-state index contributed by atoms with van der Waals surface area (Å²) < 4.78 is 26.4. The Kier molecular flexibility index (Phi) is 7.65. The number of Topliss-reactive ketones (excluding diaryl/α,β-unsaturated/α-hetero) is 1. The fourth-order valence-corrected chi connectivity index (χ4v) is 4.51. The summed E-state index contributed by atoms with van der Waals surface area (Å²) in [5, 5.41) is 9.53. The minimum Gasteiger partial charge on any atom is -0.495 e. The molecule has 0 aliphatic carbocycles. The lowest BCUT2D eigenvalue weighted by molar-refractivity contribution is 0.0991. The van der Waals surface area contributed by atoms with E-state index in [-0.39, 0.29) is 30.9 Å². The average Bonchev–Trinajstić information content (AvgIpc) is 2.96. The van der Waals surface area contributed by atoms with Crippen molar-refractivity contribution in [2.45, 2.75) is 19.9 Å². The number of pyridine rings is 3. The number of methoxy groups -OCH3 is 1. The first-order valence-electron chi connectivity index (χ1n) is 12.6. The standard InChI is InChI=1S/C31H26FN3O5/c1-19-29(21-5-7-22(32)8-6-21)31(38)25(18-35(19)13-14-36)27(37)15-20-3-9-23(10-4-20)40-28-11-12-33-26-16-24(39-2)17-34-30(26)28/h3-12,16-18,36H,13-15H2,1-2H3. The van der Waals surface area contributed by atoms with E-state index in [0.717, 1.165) is 0 Å². The van der Waals surface area contributed by atoms with Crippen LogP contribution in [0.15, 0.2) is 84.0 Å². The highest BCUT2D eigenvalue weighted by molar-refractivity contribution is 5.98. The van der Waals surface area contributed by atoms with E-state index in [1.54, 1.807) is 67.4 Å². The van der Waals surface area contributed by atoms with Gasteiger partial charge in [0.15, 0.2) is 17.0 Å². The molecule has 2 aromatic carbocycles. The number of aromatic nitrogens is 3. The van der Waals surface area contributed by atoms with Crippen LogP contribution in [-0.2, 0) is 13.0 Å². The third kappa shape index (κ3) is 5.45. The molecule has 0 fully saturated rings. The molecule has 5 aromatic rings. The van der Waals surface area contributed by atoms with Crippen LogP contribution in [0.25, 0.3) is 22.2 Å². The molecule has 9 heteroatoms. The monoisotopic (exact) mass is 539 g/mol. The van der Waals surface area contributed by atoms with Crippen molar-refractivity contribution in [3.63, 3.8) is 0 Å². The van der Waals surface area contributed by atoms with Gasteiger partial charge in [0.05, 0.1) is 31.0 Å². The normalized spacial score (nSPS) is 11.0. The van der Waals surface area contributed by atoms with Crippen LogP contribution >= 0.6 is 0 Å². The van der Waals surface area contributed by atoms with E-state index >= 15 is 0 Å². The molecule has 8 nitrogen and oxygen atoms in total. The van der Waals surface area contributed by atoms with Crippen molar-refractivity contribution in [3.8, 4) is 28.4 Å². The summed E-state index contributed by atoms with van der Waals surface area (Å²) in [6.07, 6.45) is 4.68. The van der Waals surface area contributed by atoms with E-state index in [9.17, 15) is 19.1 Å². The van der Waals surface area contributed by atoms with Crippen LogP contribution in [-0.4, -0.2) is 39.1 Å². The number of ether oxygens (including phenoxy) is 2. The predicted molar refractivity (Wildman–Crippen MR) is 149 cm³/mol. The zero-order valence-corrected chi connectivity index (χ0v) is 21.9. The Hall–Kier alpha value is -4.89. The van der Waals surface area contributed by atoms with Gasteiger partial charge < -0.3 is 19.1 Å². The van der Waals surface area contributed by atoms with Crippen molar-refractivity contribution >= 4 is 16.8 Å². The molecule has 5 rings (SSSR count).